The van der Waals surface area contributed by atoms with E-state index in [9.17, 15) is 9.18 Å². The molecule has 0 atom stereocenters. The van der Waals surface area contributed by atoms with E-state index in [1.807, 2.05) is 13.0 Å². The molecule has 0 radical (unpaired) electrons. The molecule has 3 rings (SSSR count). The molecule has 3 nitrogen and oxygen atoms in total. The van der Waals surface area contributed by atoms with Gasteiger partial charge in [-0.05, 0) is 36.8 Å². The molecule has 0 saturated heterocycles. The fourth-order valence-corrected chi connectivity index (χ4v) is 2.46. The van der Waals surface area contributed by atoms with Gasteiger partial charge in [0.25, 0.3) is 0 Å². The van der Waals surface area contributed by atoms with Crippen LogP contribution in [-0.4, -0.2) is 11.0 Å². The van der Waals surface area contributed by atoms with E-state index in [-0.39, 0.29) is 5.82 Å². The van der Waals surface area contributed by atoms with E-state index in [1.54, 1.807) is 18.2 Å². The van der Waals surface area contributed by atoms with Crippen molar-refractivity contribution < 1.29 is 13.9 Å². The van der Waals surface area contributed by atoms with Crippen LogP contribution in [0.3, 0.4) is 0 Å². The number of cyclic esters (lactones) is 1. The van der Waals surface area contributed by atoms with Gasteiger partial charge in [0.1, 0.15) is 21.8 Å². The lowest BCUT2D eigenvalue weighted by atomic mass is 10.1. The van der Waals surface area contributed by atoms with Crippen molar-refractivity contribution >= 4 is 30.0 Å². The number of halogens is 1. The Balaban J connectivity index is 2.13. The number of ether oxygens (including phenoxy) is 1. The Bertz CT molecular complexity index is 791. The average Bonchev–Trinajstić information content (AvgIpc) is 2.69. The minimum atomic E-state index is -0.463. The van der Waals surface area contributed by atoms with Gasteiger partial charge in [-0.2, -0.15) is 0 Å². The largest absolute Gasteiger partial charge is 0.422 e. The molecule has 20 heavy (non-hydrogen) atoms. The molecule has 1 aliphatic rings. The van der Waals surface area contributed by atoms with Gasteiger partial charge in [0, 0.05) is 11.3 Å². The number of aromatic amines is 1. The fourth-order valence-electron chi connectivity index (χ4n) is 2.11. The molecule has 2 aromatic rings. The van der Waals surface area contributed by atoms with Crippen LogP contribution in [0.4, 0.5) is 4.39 Å². The maximum absolute atomic E-state index is 12.9. The molecule has 0 unspecified atom stereocenters. The van der Waals surface area contributed by atoms with Crippen molar-refractivity contribution in [2.24, 2.45) is 0 Å². The molecule has 1 aromatic heterocycles. The summed E-state index contributed by atoms with van der Waals surface area (Å²) in [5.41, 5.74) is 2.63. The standard InChI is InChI=1S/C15H10FNO2S/c1-8-6-11-12(7-9-2-4-10(16)5-3-9)19-15(18)13(11)14(20)17-8/h2-7H,1H3,(H,17,20)/b12-7-. The average molecular weight is 287 g/mol. The first-order chi connectivity index (χ1) is 9.54. The summed E-state index contributed by atoms with van der Waals surface area (Å²) in [6.07, 6.45) is 1.69. The maximum Gasteiger partial charge on any atom is 0.347 e. The molecular formula is C15H10FNO2S. The molecule has 0 fully saturated rings. The molecule has 2 heterocycles. The maximum atomic E-state index is 12.9. The number of fused-ring (bicyclic) bond motifs is 1. The topological polar surface area (TPSA) is 42.1 Å². The van der Waals surface area contributed by atoms with Crippen molar-refractivity contribution in [3.63, 3.8) is 0 Å². The number of nitrogens with one attached hydrogen (secondary N) is 1. The molecule has 0 aliphatic carbocycles. The summed E-state index contributed by atoms with van der Waals surface area (Å²) in [5, 5.41) is 0. The highest BCUT2D eigenvalue weighted by molar-refractivity contribution is 7.71. The van der Waals surface area contributed by atoms with Gasteiger partial charge in [-0.1, -0.05) is 24.4 Å². The second kappa shape index (κ2) is 4.68. The Morgan fingerprint density at radius 1 is 1.30 bits per heavy atom. The van der Waals surface area contributed by atoms with Crippen LogP contribution in [0.5, 0.6) is 0 Å². The van der Waals surface area contributed by atoms with E-state index in [1.165, 1.54) is 12.1 Å². The summed E-state index contributed by atoms with van der Waals surface area (Å²) < 4.78 is 18.5. The Morgan fingerprint density at radius 3 is 2.70 bits per heavy atom. The molecule has 0 saturated carbocycles. The number of esters is 1. The zero-order valence-corrected chi connectivity index (χ0v) is 11.4. The van der Waals surface area contributed by atoms with Gasteiger partial charge in [-0.15, -0.1) is 0 Å². The lowest BCUT2D eigenvalue weighted by molar-refractivity contribution is 0.0716. The Kier molecular flexibility index (Phi) is 2.99. The minimum absolute atomic E-state index is 0.311. The number of H-pyrrole nitrogens is 1. The molecule has 5 heteroatoms. The fraction of sp³-hybridized carbons (Fsp3) is 0.0667. The first-order valence-electron chi connectivity index (χ1n) is 5.98. The molecule has 0 spiro atoms. The SMILES string of the molecule is Cc1cc2c(c(=S)[nH]1)C(=O)O/C2=C\c1ccc(F)cc1. The molecular weight excluding hydrogens is 277 g/mol. The van der Waals surface area contributed by atoms with Crippen LogP contribution in [0.15, 0.2) is 30.3 Å². The van der Waals surface area contributed by atoms with Gasteiger partial charge in [0.05, 0.1) is 0 Å². The molecule has 1 aliphatic heterocycles. The highest BCUT2D eigenvalue weighted by Gasteiger charge is 2.28. The van der Waals surface area contributed by atoms with Crippen LogP contribution in [-0.2, 0) is 4.74 Å². The monoisotopic (exact) mass is 287 g/mol. The summed E-state index contributed by atoms with van der Waals surface area (Å²) in [4.78, 5) is 14.8. The number of aromatic nitrogens is 1. The summed E-state index contributed by atoms with van der Waals surface area (Å²) in [6.45, 7) is 1.86. The number of carbonyl (C=O) groups is 1. The number of hydrogen-bond donors (Lipinski definition) is 1. The van der Waals surface area contributed by atoms with Crippen LogP contribution in [0.1, 0.15) is 27.2 Å². The lowest BCUT2D eigenvalue weighted by Gasteiger charge is -2.00. The third kappa shape index (κ3) is 2.16. The second-order valence-electron chi connectivity index (χ2n) is 4.52. The van der Waals surface area contributed by atoms with Gasteiger partial charge in [-0.3, -0.25) is 0 Å². The summed E-state index contributed by atoms with van der Waals surface area (Å²) >= 11 is 5.14. The van der Waals surface area contributed by atoms with Crippen molar-refractivity contribution in [3.05, 3.63) is 63.2 Å². The predicted octanol–water partition coefficient (Wildman–Crippen LogP) is 3.86. The van der Waals surface area contributed by atoms with Crippen LogP contribution in [0.2, 0.25) is 0 Å². The van der Waals surface area contributed by atoms with Crippen molar-refractivity contribution in [2.75, 3.05) is 0 Å². The van der Waals surface area contributed by atoms with Crippen LogP contribution in [0.25, 0.3) is 11.8 Å². The zero-order valence-electron chi connectivity index (χ0n) is 10.6. The van der Waals surface area contributed by atoms with Crippen LogP contribution in [0, 0.1) is 17.4 Å². The number of rotatable bonds is 1. The number of aryl methyl sites for hydroxylation is 1. The van der Waals surface area contributed by atoms with Gasteiger partial charge in [0.2, 0.25) is 0 Å². The summed E-state index contributed by atoms with van der Waals surface area (Å²) in [6, 6.07) is 7.75. The third-order valence-corrected chi connectivity index (χ3v) is 3.31. The molecule has 100 valence electrons. The van der Waals surface area contributed by atoms with E-state index < -0.39 is 5.97 Å². The van der Waals surface area contributed by atoms with Crippen LogP contribution >= 0.6 is 12.2 Å². The normalized spacial score (nSPS) is 15.3. The first kappa shape index (κ1) is 12.7. The Morgan fingerprint density at radius 2 is 2.00 bits per heavy atom. The summed E-state index contributed by atoms with van der Waals surface area (Å²) in [7, 11) is 0. The van der Waals surface area contributed by atoms with E-state index in [0.29, 0.717) is 21.5 Å². The summed E-state index contributed by atoms with van der Waals surface area (Å²) in [5.74, 6) is -0.344. The Labute approximate surface area is 119 Å². The number of benzene rings is 1. The third-order valence-electron chi connectivity index (χ3n) is 3.01. The highest BCUT2D eigenvalue weighted by Crippen LogP contribution is 2.32. The highest BCUT2D eigenvalue weighted by atomic mass is 32.1. The van der Waals surface area contributed by atoms with Gasteiger partial charge >= 0.3 is 5.97 Å². The van der Waals surface area contributed by atoms with Crippen molar-refractivity contribution in [2.45, 2.75) is 6.92 Å². The van der Waals surface area contributed by atoms with E-state index >= 15 is 0 Å². The number of pyridine rings is 1. The van der Waals surface area contributed by atoms with E-state index in [4.69, 9.17) is 17.0 Å². The minimum Gasteiger partial charge on any atom is -0.422 e. The molecule has 0 amide bonds. The van der Waals surface area contributed by atoms with Gasteiger partial charge < -0.3 is 9.72 Å². The van der Waals surface area contributed by atoms with Crippen molar-refractivity contribution in [1.82, 2.24) is 4.98 Å². The smallest absolute Gasteiger partial charge is 0.347 e. The molecule has 0 bridgehead atoms. The predicted molar refractivity (Wildman–Crippen MR) is 76.1 cm³/mol. The zero-order chi connectivity index (χ0) is 14.3. The lowest BCUT2D eigenvalue weighted by Crippen LogP contribution is -1.97. The Hall–Kier alpha value is -2.27. The molecule has 1 aromatic carbocycles. The van der Waals surface area contributed by atoms with E-state index in [0.717, 1.165) is 11.3 Å². The second-order valence-corrected chi connectivity index (χ2v) is 4.93. The molecule has 1 N–H and O–H groups in total. The first-order valence-corrected chi connectivity index (χ1v) is 6.39. The van der Waals surface area contributed by atoms with Crippen LogP contribution < -0.4 is 0 Å². The number of carbonyl (C=O) groups excluding carboxylic acids is 1. The number of hydrogen-bond acceptors (Lipinski definition) is 3. The van der Waals surface area contributed by atoms with Crippen molar-refractivity contribution in [1.29, 1.82) is 0 Å². The van der Waals surface area contributed by atoms with E-state index in [2.05, 4.69) is 4.98 Å². The van der Waals surface area contributed by atoms with Gasteiger partial charge in [0.15, 0.2) is 0 Å². The van der Waals surface area contributed by atoms with Gasteiger partial charge in [-0.25, -0.2) is 9.18 Å². The quantitative estimate of drug-likeness (QED) is 0.639. The van der Waals surface area contributed by atoms with Crippen molar-refractivity contribution in [3.8, 4) is 0 Å².